The number of thiazole rings is 1. The molecule has 0 amide bonds. The number of methoxy groups -OCH3 is 1. The number of benzene rings is 3. The highest BCUT2D eigenvalue weighted by atomic mass is 35.5. The maximum absolute atomic E-state index is 14.3. The number of esters is 2. The zero-order chi connectivity index (χ0) is 35.2. The number of halogens is 3. The number of hydrogen-bond donors (Lipinski definition) is 0. The van der Waals surface area contributed by atoms with E-state index in [0.29, 0.717) is 52.7 Å². The number of carbonyl (C=O) groups is 2. The van der Waals surface area contributed by atoms with Crippen LogP contribution in [0, 0.1) is 0 Å². The van der Waals surface area contributed by atoms with Crippen molar-refractivity contribution in [1.82, 2.24) is 4.57 Å². The minimum atomic E-state index is -0.923. The lowest BCUT2D eigenvalue weighted by molar-refractivity contribution is -0.143. The molecule has 1 atom stereocenters. The molecule has 0 bridgehead atoms. The Labute approximate surface area is 300 Å². The summed E-state index contributed by atoms with van der Waals surface area (Å²) in [4.78, 5) is 44.4. The van der Waals surface area contributed by atoms with Crippen molar-refractivity contribution < 1.29 is 33.3 Å². The Balaban J connectivity index is 1.62. The van der Waals surface area contributed by atoms with Crippen molar-refractivity contribution in [3.05, 3.63) is 117 Å². The monoisotopic (exact) mass is 744 g/mol. The Kier molecular flexibility index (Phi) is 11.7. The molecule has 0 saturated carbocycles. The fourth-order valence-corrected chi connectivity index (χ4v) is 6.76. The number of allylic oxidation sites excluding steroid dienone is 1. The van der Waals surface area contributed by atoms with Gasteiger partial charge in [-0.25, -0.2) is 14.6 Å². The highest BCUT2D eigenvalue weighted by Crippen LogP contribution is 2.36. The predicted octanol–water partition coefficient (Wildman–Crippen LogP) is 6.29. The minimum Gasteiger partial charge on any atom is -0.490 e. The lowest BCUT2D eigenvalue weighted by Gasteiger charge is -2.25. The average molecular weight is 746 g/mol. The fourth-order valence-electron chi connectivity index (χ4n) is 5.08. The summed E-state index contributed by atoms with van der Waals surface area (Å²) >= 11 is 19.9. The number of aromatic nitrogens is 1. The van der Waals surface area contributed by atoms with Crippen LogP contribution < -0.4 is 29.1 Å². The molecule has 4 aromatic rings. The van der Waals surface area contributed by atoms with Gasteiger partial charge in [0.15, 0.2) is 22.9 Å². The van der Waals surface area contributed by atoms with Crippen LogP contribution in [0.5, 0.6) is 17.2 Å². The SMILES string of the molecule is CCOC(=O)C1=C(C)N=c2s/c(=C/c3cc(Cl)ccc3OCc3ccc(Cl)cc3Cl)c(=O)n2[C@@H]1c1ccc(OCC(=O)OC)c(OCC)c1. The second kappa shape index (κ2) is 15.9. The quantitative estimate of drug-likeness (QED) is 0.156. The first-order valence-corrected chi connectivity index (χ1v) is 17.0. The van der Waals surface area contributed by atoms with E-state index in [1.165, 1.54) is 11.7 Å². The Hall–Kier alpha value is -4.29. The zero-order valence-corrected chi connectivity index (χ0v) is 30.0. The topological polar surface area (TPSA) is 115 Å². The second-order valence-corrected chi connectivity index (χ2v) is 12.8. The van der Waals surface area contributed by atoms with Gasteiger partial charge >= 0.3 is 11.9 Å². The molecule has 1 aliphatic heterocycles. The number of fused-ring (bicyclic) bond motifs is 1. The summed E-state index contributed by atoms with van der Waals surface area (Å²) in [6.07, 6.45) is 1.67. The van der Waals surface area contributed by atoms with Gasteiger partial charge in [0.05, 0.1) is 42.2 Å². The zero-order valence-electron chi connectivity index (χ0n) is 26.9. The summed E-state index contributed by atoms with van der Waals surface area (Å²) in [5.41, 5.74) is 1.99. The molecule has 5 rings (SSSR count). The number of carbonyl (C=O) groups excluding carboxylic acids is 2. The van der Waals surface area contributed by atoms with Crippen molar-refractivity contribution in [1.29, 1.82) is 0 Å². The van der Waals surface area contributed by atoms with Gasteiger partial charge in [-0.15, -0.1) is 0 Å². The molecule has 256 valence electrons. The predicted molar refractivity (Wildman–Crippen MR) is 188 cm³/mol. The molecule has 0 radical (unpaired) electrons. The normalized spacial score (nSPS) is 14.2. The van der Waals surface area contributed by atoms with Crippen molar-refractivity contribution >= 4 is 64.2 Å². The highest BCUT2D eigenvalue weighted by molar-refractivity contribution is 7.07. The van der Waals surface area contributed by atoms with Gasteiger partial charge in [-0.1, -0.05) is 58.3 Å². The lowest BCUT2D eigenvalue weighted by Crippen LogP contribution is -2.40. The van der Waals surface area contributed by atoms with E-state index in [9.17, 15) is 14.4 Å². The molecule has 0 aliphatic carbocycles. The third kappa shape index (κ3) is 8.13. The smallest absolute Gasteiger partial charge is 0.343 e. The van der Waals surface area contributed by atoms with Gasteiger partial charge in [0.2, 0.25) is 0 Å². The van der Waals surface area contributed by atoms with Crippen molar-refractivity contribution in [3.63, 3.8) is 0 Å². The first-order valence-electron chi connectivity index (χ1n) is 15.1. The van der Waals surface area contributed by atoms with Crippen LogP contribution in [-0.4, -0.2) is 43.4 Å². The van der Waals surface area contributed by atoms with Gasteiger partial charge in [0.25, 0.3) is 5.56 Å². The first kappa shape index (κ1) is 36.0. The van der Waals surface area contributed by atoms with Crippen LogP contribution in [0.2, 0.25) is 15.1 Å². The van der Waals surface area contributed by atoms with Crippen molar-refractivity contribution in [2.75, 3.05) is 26.9 Å². The molecule has 1 aliphatic rings. The van der Waals surface area contributed by atoms with Crippen molar-refractivity contribution in [2.45, 2.75) is 33.4 Å². The van der Waals surface area contributed by atoms with Crippen LogP contribution in [0.1, 0.15) is 43.5 Å². The van der Waals surface area contributed by atoms with Gasteiger partial charge in [-0.3, -0.25) is 9.36 Å². The molecule has 0 N–H and O–H groups in total. The Bertz CT molecular complexity index is 2130. The van der Waals surface area contributed by atoms with Crippen LogP contribution in [0.3, 0.4) is 0 Å². The standard InChI is InChI=1S/C35H31Cl3N2O8S/c1-5-45-28-14-20(8-11-27(28)48-18-30(41)44-4)32-31(34(43)46-6-2)19(3)39-35-40(32)33(42)29(49-35)15-22-13-23(36)10-12-26(22)47-17-21-7-9-24(37)16-25(21)38/h7-16,32H,5-6,17-18H2,1-4H3/b29-15+/t32-/m1/s1. The van der Waals surface area contributed by atoms with Gasteiger partial charge < -0.3 is 23.7 Å². The van der Waals surface area contributed by atoms with Crippen LogP contribution in [0.15, 0.2) is 75.7 Å². The van der Waals surface area contributed by atoms with E-state index in [1.54, 1.807) is 81.4 Å². The Morgan fingerprint density at radius 1 is 0.918 bits per heavy atom. The number of rotatable bonds is 12. The maximum Gasteiger partial charge on any atom is 0.343 e. The fraction of sp³-hybridized carbons (Fsp3) is 0.257. The molecule has 10 nitrogen and oxygen atoms in total. The van der Waals surface area contributed by atoms with Crippen LogP contribution in [0.25, 0.3) is 6.08 Å². The second-order valence-electron chi connectivity index (χ2n) is 10.5. The molecule has 0 saturated heterocycles. The summed E-state index contributed by atoms with van der Waals surface area (Å²) in [6, 6.07) is 14.3. The summed E-state index contributed by atoms with van der Waals surface area (Å²) in [7, 11) is 1.26. The maximum atomic E-state index is 14.3. The summed E-state index contributed by atoms with van der Waals surface area (Å²) in [5.74, 6) is -0.118. The van der Waals surface area contributed by atoms with Gasteiger partial charge in [0, 0.05) is 26.2 Å². The van der Waals surface area contributed by atoms with E-state index in [0.717, 1.165) is 16.9 Å². The molecule has 14 heteroatoms. The van der Waals surface area contributed by atoms with E-state index in [2.05, 4.69) is 9.73 Å². The summed E-state index contributed by atoms with van der Waals surface area (Å²) < 4.78 is 29.5. The molecular weight excluding hydrogens is 715 g/mol. The van der Waals surface area contributed by atoms with E-state index < -0.39 is 23.5 Å². The van der Waals surface area contributed by atoms with Crippen molar-refractivity contribution in [3.8, 4) is 17.2 Å². The molecular formula is C35H31Cl3N2O8S. The van der Waals surface area contributed by atoms with Crippen molar-refractivity contribution in [2.24, 2.45) is 4.99 Å². The molecule has 1 aromatic heterocycles. The highest BCUT2D eigenvalue weighted by Gasteiger charge is 2.34. The molecule has 2 heterocycles. The molecule has 49 heavy (non-hydrogen) atoms. The summed E-state index contributed by atoms with van der Waals surface area (Å²) in [6.45, 7) is 5.41. The third-order valence-corrected chi connectivity index (χ3v) is 9.14. The van der Waals surface area contributed by atoms with E-state index in [4.69, 9.17) is 53.8 Å². The van der Waals surface area contributed by atoms with Gasteiger partial charge in [-0.05, 0) is 74.9 Å². The van der Waals surface area contributed by atoms with E-state index in [1.807, 2.05) is 0 Å². The molecule has 0 fully saturated rings. The van der Waals surface area contributed by atoms with Gasteiger partial charge in [0.1, 0.15) is 12.4 Å². The number of nitrogens with zero attached hydrogens (tertiary/aromatic N) is 2. The lowest BCUT2D eigenvalue weighted by atomic mass is 9.95. The van der Waals surface area contributed by atoms with E-state index >= 15 is 0 Å². The van der Waals surface area contributed by atoms with Crippen LogP contribution >= 0.6 is 46.1 Å². The number of hydrogen-bond acceptors (Lipinski definition) is 10. The molecule has 0 unspecified atom stereocenters. The minimum absolute atomic E-state index is 0.121. The third-order valence-electron chi connectivity index (χ3n) is 7.33. The summed E-state index contributed by atoms with van der Waals surface area (Å²) in [5, 5.41) is 1.40. The molecule has 0 spiro atoms. The number of ether oxygens (including phenoxy) is 5. The Morgan fingerprint density at radius 2 is 1.65 bits per heavy atom. The Morgan fingerprint density at radius 3 is 2.37 bits per heavy atom. The average Bonchev–Trinajstić information content (AvgIpc) is 3.37. The largest absolute Gasteiger partial charge is 0.490 e. The van der Waals surface area contributed by atoms with Gasteiger partial charge in [-0.2, -0.15) is 0 Å². The first-order chi connectivity index (χ1) is 23.5. The van der Waals surface area contributed by atoms with Crippen LogP contribution in [-0.2, 0) is 25.7 Å². The van der Waals surface area contributed by atoms with E-state index in [-0.39, 0.29) is 37.8 Å². The molecule has 3 aromatic carbocycles. The van der Waals surface area contributed by atoms with Crippen LogP contribution in [0.4, 0.5) is 0 Å².